The van der Waals surface area contributed by atoms with Gasteiger partial charge in [-0.2, -0.15) is 0 Å². The van der Waals surface area contributed by atoms with Gasteiger partial charge in [-0.15, -0.1) is 0 Å². The highest BCUT2D eigenvalue weighted by molar-refractivity contribution is 5.96. The number of rotatable bonds is 2. The molecule has 0 atom stereocenters. The molecule has 1 aliphatic rings. The Hall–Kier alpha value is -2.17. The largest absolute Gasteiger partial charge is 0.461 e. The normalized spacial score (nSPS) is 13.6. The van der Waals surface area contributed by atoms with Gasteiger partial charge in [0.15, 0.2) is 5.70 Å². The third kappa shape index (κ3) is 1.79. The van der Waals surface area contributed by atoms with Gasteiger partial charge in [-0.25, -0.2) is 4.79 Å². The van der Waals surface area contributed by atoms with Crippen molar-refractivity contribution in [1.29, 1.82) is 0 Å². The SMILES string of the molecule is CCOC(=O)C1=C(N)Nc2ccccc2N1. The first-order chi connectivity index (χ1) is 7.72. The molecule has 0 radical (unpaired) electrons. The molecule has 1 aliphatic heterocycles. The highest BCUT2D eigenvalue weighted by Crippen LogP contribution is 2.28. The zero-order valence-electron chi connectivity index (χ0n) is 8.91. The molecule has 0 spiro atoms. The summed E-state index contributed by atoms with van der Waals surface area (Å²) in [5.41, 5.74) is 7.63. The van der Waals surface area contributed by atoms with Crippen LogP contribution in [-0.4, -0.2) is 12.6 Å². The topological polar surface area (TPSA) is 76.4 Å². The van der Waals surface area contributed by atoms with Crippen molar-refractivity contribution in [3.63, 3.8) is 0 Å². The molecule has 0 saturated heterocycles. The number of fused-ring (bicyclic) bond motifs is 1. The Kier molecular flexibility index (Phi) is 2.68. The molecule has 5 nitrogen and oxygen atoms in total. The highest BCUT2D eigenvalue weighted by atomic mass is 16.5. The first-order valence-electron chi connectivity index (χ1n) is 5.02. The highest BCUT2D eigenvalue weighted by Gasteiger charge is 2.21. The van der Waals surface area contributed by atoms with Gasteiger partial charge in [-0.05, 0) is 19.1 Å². The quantitative estimate of drug-likeness (QED) is 0.652. The summed E-state index contributed by atoms with van der Waals surface area (Å²) in [5, 5.41) is 5.89. The lowest BCUT2D eigenvalue weighted by atomic mass is 10.2. The Balaban J connectivity index is 2.27. The van der Waals surface area contributed by atoms with Crippen LogP contribution in [0.25, 0.3) is 0 Å². The van der Waals surface area contributed by atoms with E-state index in [1.54, 1.807) is 6.92 Å². The van der Waals surface area contributed by atoms with Gasteiger partial charge in [0.2, 0.25) is 0 Å². The Morgan fingerprint density at radius 1 is 1.31 bits per heavy atom. The number of carbonyl (C=O) groups is 1. The molecule has 0 aliphatic carbocycles. The van der Waals surface area contributed by atoms with Gasteiger partial charge in [0, 0.05) is 0 Å². The van der Waals surface area contributed by atoms with Gasteiger partial charge in [-0.3, -0.25) is 0 Å². The number of nitrogens with two attached hydrogens (primary N) is 1. The minimum atomic E-state index is -0.456. The minimum Gasteiger partial charge on any atom is -0.461 e. The van der Waals surface area contributed by atoms with Crippen LogP contribution < -0.4 is 16.4 Å². The first kappa shape index (κ1) is 10.4. The summed E-state index contributed by atoms with van der Waals surface area (Å²) in [6.45, 7) is 2.07. The fourth-order valence-corrected chi connectivity index (χ4v) is 1.47. The minimum absolute atomic E-state index is 0.251. The van der Waals surface area contributed by atoms with E-state index in [1.165, 1.54) is 0 Å². The van der Waals surface area contributed by atoms with Crippen LogP contribution in [0.1, 0.15) is 6.92 Å². The molecule has 1 aromatic carbocycles. The number of nitrogens with one attached hydrogen (secondary N) is 2. The number of benzene rings is 1. The summed E-state index contributed by atoms with van der Waals surface area (Å²) in [7, 11) is 0. The molecule has 0 amide bonds. The first-order valence-corrected chi connectivity index (χ1v) is 5.02. The average molecular weight is 219 g/mol. The standard InChI is InChI=1S/C11H13N3O2/c1-2-16-11(15)9-10(12)14-8-6-4-3-5-7(8)13-9/h3-6,13-14H,2,12H2,1H3. The number of hydrogen-bond acceptors (Lipinski definition) is 5. The van der Waals surface area contributed by atoms with Crippen molar-refractivity contribution >= 4 is 17.3 Å². The number of hydrogen-bond donors (Lipinski definition) is 3. The smallest absolute Gasteiger partial charge is 0.358 e. The maximum atomic E-state index is 11.6. The van der Waals surface area contributed by atoms with Gasteiger partial charge in [0.25, 0.3) is 0 Å². The molecule has 84 valence electrons. The number of para-hydroxylation sites is 2. The molecule has 0 saturated carbocycles. The van der Waals surface area contributed by atoms with Gasteiger partial charge in [0.05, 0.1) is 18.0 Å². The van der Waals surface area contributed by atoms with Gasteiger partial charge < -0.3 is 21.1 Å². The molecular formula is C11H13N3O2. The Bertz CT molecular complexity index is 454. The van der Waals surface area contributed by atoms with E-state index in [-0.39, 0.29) is 11.5 Å². The number of esters is 1. The van der Waals surface area contributed by atoms with Crippen molar-refractivity contribution in [3.05, 3.63) is 35.8 Å². The zero-order valence-corrected chi connectivity index (χ0v) is 8.91. The molecule has 1 heterocycles. The van der Waals surface area contributed by atoms with Crippen molar-refractivity contribution in [3.8, 4) is 0 Å². The van der Waals surface area contributed by atoms with Crippen LogP contribution in [0.4, 0.5) is 11.4 Å². The van der Waals surface area contributed by atoms with Crippen molar-refractivity contribution in [2.75, 3.05) is 17.2 Å². The van der Waals surface area contributed by atoms with E-state index < -0.39 is 5.97 Å². The lowest BCUT2D eigenvalue weighted by Gasteiger charge is -2.22. The molecular weight excluding hydrogens is 206 g/mol. The summed E-state index contributed by atoms with van der Waals surface area (Å²) in [5.74, 6) is -0.181. The molecule has 4 N–H and O–H groups in total. The lowest BCUT2D eigenvalue weighted by Crippen LogP contribution is -2.27. The van der Waals surface area contributed by atoms with E-state index in [0.29, 0.717) is 6.61 Å². The third-order valence-corrected chi connectivity index (χ3v) is 2.20. The van der Waals surface area contributed by atoms with E-state index in [0.717, 1.165) is 11.4 Å². The van der Waals surface area contributed by atoms with Crippen LogP contribution in [0, 0.1) is 0 Å². The van der Waals surface area contributed by atoms with Gasteiger partial charge >= 0.3 is 5.97 Å². The lowest BCUT2D eigenvalue weighted by molar-refractivity contribution is -0.138. The average Bonchev–Trinajstić information content (AvgIpc) is 2.28. The van der Waals surface area contributed by atoms with E-state index in [1.807, 2.05) is 24.3 Å². The van der Waals surface area contributed by atoms with Gasteiger partial charge in [-0.1, -0.05) is 12.1 Å². The molecule has 5 heteroatoms. The predicted molar refractivity (Wildman–Crippen MR) is 61.5 cm³/mol. The van der Waals surface area contributed by atoms with Crippen LogP contribution >= 0.6 is 0 Å². The maximum Gasteiger partial charge on any atom is 0.358 e. The number of carbonyl (C=O) groups excluding carboxylic acids is 1. The second kappa shape index (κ2) is 4.14. The molecule has 0 fully saturated rings. The zero-order chi connectivity index (χ0) is 11.5. The Morgan fingerprint density at radius 3 is 2.56 bits per heavy atom. The van der Waals surface area contributed by atoms with Crippen LogP contribution in [0.5, 0.6) is 0 Å². The molecule has 2 rings (SSSR count). The van der Waals surface area contributed by atoms with Crippen molar-refractivity contribution in [2.45, 2.75) is 6.92 Å². The van der Waals surface area contributed by atoms with Crippen LogP contribution in [0.3, 0.4) is 0 Å². The molecule has 0 aromatic heterocycles. The summed E-state index contributed by atoms with van der Waals surface area (Å²) in [4.78, 5) is 11.6. The number of anilines is 2. The monoisotopic (exact) mass is 219 g/mol. The van der Waals surface area contributed by atoms with E-state index >= 15 is 0 Å². The fraction of sp³-hybridized carbons (Fsp3) is 0.182. The number of ether oxygens (including phenoxy) is 1. The van der Waals surface area contributed by atoms with E-state index in [2.05, 4.69) is 10.6 Å². The third-order valence-electron chi connectivity index (χ3n) is 2.20. The van der Waals surface area contributed by atoms with E-state index in [9.17, 15) is 4.79 Å². The molecule has 0 unspecified atom stereocenters. The van der Waals surface area contributed by atoms with Crippen molar-refractivity contribution in [2.24, 2.45) is 5.73 Å². The summed E-state index contributed by atoms with van der Waals surface area (Å²) in [6.07, 6.45) is 0. The van der Waals surface area contributed by atoms with E-state index in [4.69, 9.17) is 10.5 Å². The summed E-state index contributed by atoms with van der Waals surface area (Å²) >= 11 is 0. The molecule has 16 heavy (non-hydrogen) atoms. The summed E-state index contributed by atoms with van der Waals surface area (Å²) in [6, 6.07) is 7.49. The summed E-state index contributed by atoms with van der Waals surface area (Å²) < 4.78 is 4.89. The molecule has 0 bridgehead atoms. The maximum absolute atomic E-state index is 11.6. The van der Waals surface area contributed by atoms with Gasteiger partial charge in [0.1, 0.15) is 5.82 Å². The molecule has 1 aromatic rings. The van der Waals surface area contributed by atoms with Crippen molar-refractivity contribution < 1.29 is 9.53 Å². The predicted octanol–water partition coefficient (Wildman–Crippen LogP) is 1.21. The van der Waals surface area contributed by atoms with Crippen LogP contribution in [0.15, 0.2) is 35.8 Å². The second-order valence-corrected chi connectivity index (χ2v) is 3.30. The fourth-order valence-electron chi connectivity index (χ4n) is 1.47. The Labute approximate surface area is 93.3 Å². The van der Waals surface area contributed by atoms with Crippen molar-refractivity contribution in [1.82, 2.24) is 0 Å². The van der Waals surface area contributed by atoms with Crippen LogP contribution in [0.2, 0.25) is 0 Å². The van der Waals surface area contributed by atoms with Crippen LogP contribution in [-0.2, 0) is 9.53 Å². The second-order valence-electron chi connectivity index (χ2n) is 3.30. The Morgan fingerprint density at radius 2 is 1.94 bits per heavy atom.